The van der Waals surface area contributed by atoms with Gasteiger partial charge in [-0.2, -0.15) is 0 Å². The maximum absolute atomic E-state index is 12.0. The lowest BCUT2D eigenvalue weighted by Crippen LogP contribution is -2.34. The van der Waals surface area contributed by atoms with Gasteiger partial charge in [-0.15, -0.1) is 0 Å². The van der Waals surface area contributed by atoms with E-state index in [1.165, 1.54) is 6.07 Å². The fourth-order valence-electron chi connectivity index (χ4n) is 2.75. The first-order valence-corrected chi connectivity index (χ1v) is 8.61. The largest absolute Gasteiger partial charge is 0.497 e. The van der Waals surface area contributed by atoms with Crippen molar-refractivity contribution in [3.8, 4) is 22.6 Å². The maximum atomic E-state index is 12.0. The second-order valence-corrected chi connectivity index (χ2v) is 6.38. The van der Waals surface area contributed by atoms with E-state index >= 15 is 0 Å². The highest BCUT2D eigenvalue weighted by molar-refractivity contribution is 5.93. The van der Waals surface area contributed by atoms with Crippen molar-refractivity contribution in [1.29, 1.82) is 0 Å². The number of amides is 1. The van der Waals surface area contributed by atoms with Crippen molar-refractivity contribution in [3.05, 3.63) is 59.0 Å². The van der Waals surface area contributed by atoms with Gasteiger partial charge in [0.05, 0.1) is 7.11 Å². The Morgan fingerprint density at radius 2 is 1.78 bits per heavy atom. The van der Waals surface area contributed by atoms with E-state index in [4.69, 9.17) is 13.9 Å². The number of carbonyl (C=O) groups excluding carboxylic acids is 1. The summed E-state index contributed by atoms with van der Waals surface area (Å²) in [5.74, 6) is 0.983. The zero-order chi connectivity index (χ0) is 19.4. The molecule has 6 heteroatoms. The van der Waals surface area contributed by atoms with Crippen LogP contribution in [0.2, 0.25) is 0 Å². The summed E-state index contributed by atoms with van der Waals surface area (Å²) in [4.78, 5) is 23.7. The summed E-state index contributed by atoms with van der Waals surface area (Å²) in [6, 6.07) is 14.1. The van der Waals surface area contributed by atoms with Crippen molar-refractivity contribution >= 4 is 16.9 Å². The number of benzene rings is 2. The summed E-state index contributed by atoms with van der Waals surface area (Å²) >= 11 is 0. The van der Waals surface area contributed by atoms with Gasteiger partial charge in [0.2, 0.25) is 0 Å². The minimum atomic E-state index is -0.456. The Hall–Kier alpha value is -3.28. The van der Waals surface area contributed by atoms with Crippen LogP contribution in [0.25, 0.3) is 22.1 Å². The molecule has 6 nitrogen and oxygen atoms in total. The third kappa shape index (κ3) is 4.47. The molecule has 1 heterocycles. The van der Waals surface area contributed by atoms with E-state index in [2.05, 4.69) is 5.32 Å². The van der Waals surface area contributed by atoms with Gasteiger partial charge in [0.25, 0.3) is 5.91 Å². The van der Waals surface area contributed by atoms with Gasteiger partial charge in [0.1, 0.15) is 17.1 Å². The average molecular weight is 367 g/mol. The number of hydrogen-bond donors (Lipinski definition) is 1. The molecule has 0 aliphatic heterocycles. The number of fused-ring (bicyclic) bond motifs is 1. The van der Waals surface area contributed by atoms with Crippen molar-refractivity contribution in [2.75, 3.05) is 13.7 Å². The molecule has 1 N–H and O–H groups in total. The van der Waals surface area contributed by atoms with Crippen LogP contribution < -0.4 is 20.4 Å². The molecule has 0 bridgehead atoms. The van der Waals surface area contributed by atoms with Crippen LogP contribution in [-0.2, 0) is 4.79 Å². The second-order valence-electron chi connectivity index (χ2n) is 6.38. The second kappa shape index (κ2) is 7.95. The zero-order valence-corrected chi connectivity index (χ0v) is 15.4. The van der Waals surface area contributed by atoms with Gasteiger partial charge in [-0.25, -0.2) is 4.79 Å². The molecule has 140 valence electrons. The van der Waals surface area contributed by atoms with Crippen LogP contribution in [0.3, 0.4) is 0 Å². The SMILES string of the molecule is COc1ccc(-c2cc(=O)oc3cc(OCC(=O)NC(C)C)ccc23)cc1. The summed E-state index contributed by atoms with van der Waals surface area (Å²) < 4.78 is 16.0. The van der Waals surface area contributed by atoms with E-state index in [1.807, 2.05) is 44.2 Å². The topological polar surface area (TPSA) is 77.8 Å². The molecule has 2 aromatic carbocycles. The molecule has 0 aliphatic carbocycles. The predicted octanol–water partition coefficient (Wildman–Crippen LogP) is 3.37. The Morgan fingerprint density at radius 1 is 1.07 bits per heavy atom. The monoisotopic (exact) mass is 367 g/mol. The first kappa shape index (κ1) is 18.5. The fraction of sp³-hybridized carbons (Fsp3) is 0.238. The molecule has 27 heavy (non-hydrogen) atoms. The van der Waals surface area contributed by atoms with Crippen molar-refractivity contribution in [2.45, 2.75) is 19.9 Å². The van der Waals surface area contributed by atoms with Crippen molar-refractivity contribution < 1.29 is 18.7 Å². The molecule has 0 radical (unpaired) electrons. The van der Waals surface area contributed by atoms with Crippen LogP contribution in [0, 0.1) is 0 Å². The molecule has 0 atom stereocenters. The highest BCUT2D eigenvalue weighted by Gasteiger charge is 2.10. The van der Waals surface area contributed by atoms with Crippen LogP contribution in [0.1, 0.15) is 13.8 Å². The van der Waals surface area contributed by atoms with Gasteiger partial charge >= 0.3 is 5.63 Å². The summed E-state index contributed by atoms with van der Waals surface area (Å²) in [5, 5.41) is 3.53. The zero-order valence-electron chi connectivity index (χ0n) is 15.4. The Kier molecular flexibility index (Phi) is 5.45. The molecule has 1 amide bonds. The van der Waals surface area contributed by atoms with E-state index in [0.29, 0.717) is 11.3 Å². The number of methoxy groups -OCH3 is 1. The van der Waals surface area contributed by atoms with Crippen molar-refractivity contribution in [3.63, 3.8) is 0 Å². The fourth-order valence-corrected chi connectivity index (χ4v) is 2.75. The van der Waals surface area contributed by atoms with E-state index in [9.17, 15) is 9.59 Å². The number of nitrogens with one attached hydrogen (secondary N) is 1. The van der Waals surface area contributed by atoms with Gasteiger partial charge in [0.15, 0.2) is 6.61 Å². The lowest BCUT2D eigenvalue weighted by molar-refractivity contribution is -0.123. The smallest absolute Gasteiger partial charge is 0.336 e. The number of carbonyl (C=O) groups is 1. The minimum absolute atomic E-state index is 0.0442. The molecule has 3 rings (SSSR count). The standard InChI is InChI=1S/C21H21NO5/c1-13(2)22-20(23)12-26-16-8-9-17-18(11-21(24)27-19(17)10-16)14-4-6-15(25-3)7-5-14/h4-11,13H,12H2,1-3H3,(H,22,23). The summed E-state index contributed by atoms with van der Waals surface area (Å²) in [7, 11) is 1.60. The normalized spacial score (nSPS) is 10.8. The quantitative estimate of drug-likeness (QED) is 0.676. The number of hydrogen-bond acceptors (Lipinski definition) is 5. The molecule has 3 aromatic rings. The van der Waals surface area contributed by atoms with Crippen LogP contribution >= 0.6 is 0 Å². The molecule has 0 saturated heterocycles. The number of rotatable bonds is 6. The van der Waals surface area contributed by atoms with Crippen LogP contribution in [-0.4, -0.2) is 25.7 Å². The van der Waals surface area contributed by atoms with Crippen LogP contribution in [0.15, 0.2) is 57.7 Å². The van der Waals surface area contributed by atoms with E-state index in [1.54, 1.807) is 19.2 Å². The van der Waals surface area contributed by atoms with Gasteiger partial charge in [0, 0.05) is 23.6 Å². The van der Waals surface area contributed by atoms with Gasteiger partial charge in [-0.1, -0.05) is 12.1 Å². The molecular formula is C21H21NO5. The molecule has 0 fully saturated rings. The Labute approximate surface area is 156 Å². The lowest BCUT2D eigenvalue weighted by atomic mass is 10.0. The third-order valence-electron chi connectivity index (χ3n) is 3.94. The van der Waals surface area contributed by atoms with Gasteiger partial charge in [-0.3, -0.25) is 4.79 Å². The Morgan fingerprint density at radius 3 is 2.44 bits per heavy atom. The first-order valence-electron chi connectivity index (χ1n) is 8.61. The highest BCUT2D eigenvalue weighted by Crippen LogP contribution is 2.30. The third-order valence-corrected chi connectivity index (χ3v) is 3.94. The Balaban J connectivity index is 1.91. The molecular weight excluding hydrogens is 346 g/mol. The maximum Gasteiger partial charge on any atom is 0.336 e. The first-order chi connectivity index (χ1) is 13.0. The molecule has 0 saturated carbocycles. The molecule has 0 unspecified atom stereocenters. The van der Waals surface area contributed by atoms with Crippen molar-refractivity contribution in [1.82, 2.24) is 5.32 Å². The summed E-state index contributed by atoms with van der Waals surface area (Å²) in [6.45, 7) is 3.65. The minimum Gasteiger partial charge on any atom is -0.497 e. The lowest BCUT2D eigenvalue weighted by Gasteiger charge is -2.11. The van der Waals surface area contributed by atoms with E-state index in [0.717, 1.165) is 22.3 Å². The van der Waals surface area contributed by atoms with E-state index in [-0.39, 0.29) is 18.6 Å². The molecule has 0 spiro atoms. The summed E-state index contributed by atoms with van der Waals surface area (Å²) in [6.07, 6.45) is 0. The van der Waals surface area contributed by atoms with Crippen LogP contribution in [0.5, 0.6) is 11.5 Å². The molecule has 1 aromatic heterocycles. The van der Waals surface area contributed by atoms with Gasteiger partial charge in [-0.05, 0) is 49.2 Å². The van der Waals surface area contributed by atoms with Crippen LogP contribution in [0.4, 0.5) is 0 Å². The van der Waals surface area contributed by atoms with Crippen molar-refractivity contribution in [2.24, 2.45) is 0 Å². The Bertz CT molecular complexity index is 1010. The average Bonchev–Trinajstić information content (AvgIpc) is 2.65. The predicted molar refractivity (Wildman–Crippen MR) is 103 cm³/mol. The van der Waals surface area contributed by atoms with E-state index < -0.39 is 5.63 Å². The molecule has 0 aliphatic rings. The number of ether oxygens (including phenoxy) is 2. The van der Waals surface area contributed by atoms with Gasteiger partial charge < -0.3 is 19.2 Å². The highest BCUT2D eigenvalue weighted by atomic mass is 16.5. The summed E-state index contributed by atoms with van der Waals surface area (Å²) in [5.41, 5.74) is 1.57.